The van der Waals surface area contributed by atoms with E-state index in [1.165, 1.54) is 11.3 Å². The van der Waals surface area contributed by atoms with E-state index in [2.05, 4.69) is 29.8 Å². The first kappa shape index (κ1) is 15.4. The molecule has 2 rings (SSSR count). The average Bonchev–Trinajstić information content (AvgIpc) is 2.74. The van der Waals surface area contributed by atoms with Crippen LogP contribution in [0.25, 0.3) is 0 Å². The Morgan fingerprint density at radius 3 is 2.68 bits per heavy atom. The highest BCUT2D eigenvalue weighted by Gasteiger charge is 2.33. The van der Waals surface area contributed by atoms with Crippen LogP contribution in [0.1, 0.15) is 25.1 Å². The summed E-state index contributed by atoms with van der Waals surface area (Å²) in [5, 5.41) is 0. The van der Waals surface area contributed by atoms with Gasteiger partial charge >= 0.3 is 0 Å². The molecule has 19 heavy (non-hydrogen) atoms. The zero-order valence-electron chi connectivity index (χ0n) is 11.1. The summed E-state index contributed by atoms with van der Waals surface area (Å²) < 4.78 is 27.6. The highest BCUT2D eigenvalue weighted by Crippen LogP contribution is 2.35. The molecule has 1 fully saturated rings. The minimum atomic E-state index is -3.40. The molecule has 0 amide bonds. The second kappa shape index (κ2) is 5.81. The highest BCUT2D eigenvalue weighted by atomic mass is 79.9. The third-order valence-electron chi connectivity index (χ3n) is 3.82. The molecule has 7 heteroatoms. The van der Waals surface area contributed by atoms with Crippen molar-refractivity contribution in [2.24, 2.45) is 17.6 Å². The molecule has 1 aromatic heterocycles. The lowest BCUT2D eigenvalue weighted by Gasteiger charge is -2.34. The number of rotatable bonds is 3. The van der Waals surface area contributed by atoms with Gasteiger partial charge in [-0.3, -0.25) is 0 Å². The van der Waals surface area contributed by atoms with Gasteiger partial charge in [0.25, 0.3) is 0 Å². The molecule has 0 spiro atoms. The second-order valence-corrected chi connectivity index (χ2v) is 9.52. The van der Waals surface area contributed by atoms with E-state index in [9.17, 15) is 8.42 Å². The van der Waals surface area contributed by atoms with Crippen LogP contribution in [0, 0.1) is 11.8 Å². The number of thiophene rings is 1. The molecule has 2 unspecified atom stereocenters. The van der Waals surface area contributed by atoms with E-state index in [1.807, 2.05) is 0 Å². The van der Waals surface area contributed by atoms with Crippen LogP contribution in [0.4, 0.5) is 0 Å². The standard InChI is InChI=1S/C12H19BrN2O2S2/c1-8-3-4-15(7-9(8)2)19(16,17)11-5-10(6-14)18-12(11)13/h5,8-9H,3-4,6-7,14H2,1-2H3. The van der Waals surface area contributed by atoms with Gasteiger partial charge in [-0.2, -0.15) is 4.31 Å². The van der Waals surface area contributed by atoms with Crippen LogP contribution in [0.3, 0.4) is 0 Å². The Balaban J connectivity index is 2.29. The Kier molecular flexibility index (Phi) is 4.72. The van der Waals surface area contributed by atoms with E-state index in [0.717, 1.165) is 11.3 Å². The topological polar surface area (TPSA) is 63.4 Å². The quantitative estimate of drug-likeness (QED) is 0.893. The van der Waals surface area contributed by atoms with Crippen LogP contribution >= 0.6 is 27.3 Å². The van der Waals surface area contributed by atoms with Crippen LogP contribution in [-0.2, 0) is 16.6 Å². The number of hydrogen-bond acceptors (Lipinski definition) is 4. The molecule has 1 saturated heterocycles. The maximum atomic E-state index is 12.7. The Labute approximate surface area is 127 Å². The summed E-state index contributed by atoms with van der Waals surface area (Å²) in [5.41, 5.74) is 5.58. The molecule has 108 valence electrons. The van der Waals surface area contributed by atoms with Crippen molar-refractivity contribution in [3.05, 3.63) is 14.7 Å². The Hall–Kier alpha value is 0.0500. The molecule has 1 aliphatic rings. The monoisotopic (exact) mass is 366 g/mol. The first-order chi connectivity index (χ1) is 8.86. The van der Waals surface area contributed by atoms with Crippen molar-refractivity contribution in [1.82, 2.24) is 4.31 Å². The predicted molar refractivity (Wildman–Crippen MR) is 81.6 cm³/mol. The van der Waals surface area contributed by atoms with Crippen molar-refractivity contribution in [3.63, 3.8) is 0 Å². The highest BCUT2D eigenvalue weighted by molar-refractivity contribution is 9.11. The number of piperidine rings is 1. The fourth-order valence-electron chi connectivity index (χ4n) is 2.26. The summed E-state index contributed by atoms with van der Waals surface area (Å²) in [6, 6.07) is 1.69. The molecule has 2 heterocycles. The molecule has 2 N–H and O–H groups in total. The van der Waals surface area contributed by atoms with Crippen LogP contribution < -0.4 is 5.73 Å². The Morgan fingerprint density at radius 2 is 2.16 bits per heavy atom. The van der Waals surface area contributed by atoms with E-state index in [4.69, 9.17) is 5.73 Å². The third kappa shape index (κ3) is 3.05. The molecule has 1 aromatic rings. The molecule has 0 aliphatic carbocycles. The molecule has 0 aromatic carbocycles. The van der Waals surface area contributed by atoms with Gasteiger partial charge in [0, 0.05) is 24.5 Å². The fourth-order valence-corrected chi connectivity index (χ4v) is 6.32. The molecule has 0 bridgehead atoms. The zero-order chi connectivity index (χ0) is 14.2. The van der Waals surface area contributed by atoms with Crippen molar-refractivity contribution >= 4 is 37.3 Å². The predicted octanol–water partition coefficient (Wildman–Crippen LogP) is 2.64. The van der Waals surface area contributed by atoms with E-state index >= 15 is 0 Å². The number of nitrogens with two attached hydrogens (primary N) is 1. The van der Waals surface area contributed by atoms with E-state index in [1.54, 1.807) is 10.4 Å². The zero-order valence-corrected chi connectivity index (χ0v) is 14.3. The number of halogens is 1. The SMILES string of the molecule is CC1CCN(S(=O)(=O)c2cc(CN)sc2Br)CC1C. The van der Waals surface area contributed by atoms with Gasteiger partial charge < -0.3 is 5.73 Å². The summed E-state index contributed by atoms with van der Waals surface area (Å²) in [4.78, 5) is 1.24. The molecular formula is C12H19BrN2O2S2. The first-order valence-electron chi connectivity index (χ1n) is 6.34. The molecular weight excluding hydrogens is 348 g/mol. The lowest BCUT2D eigenvalue weighted by Crippen LogP contribution is -2.42. The minimum Gasteiger partial charge on any atom is -0.326 e. The van der Waals surface area contributed by atoms with Gasteiger partial charge in [-0.1, -0.05) is 13.8 Å². The number of nitrogens with zero attached hydrogens (tertiary/aromatic N) is 1. The van der Waals surface area contributed by atoms with Gasteiger partial charge in [-0.05, 0) is 40.3 Å². The smallest absolute Gasteiger partial charge is 0.245 e. The lowest BCUT2D eigenvalue weighted by atomic mass is 9.90. The first-order valence-corrected chi connectivity index (χ1v) is 9.39. The molecule has 2 atom stereocenters. The van der Waals surface area contributed by atoms with E-state index in [-0.39, 0.29) is 0 Å². The van der Waals surface area contributed by atoms with Crippen molar-refractivity contribution in [3.8, 4) is 0 Å². The van der Waals surface area contributed by atoms with Crippen molar-refractivity contribution in [1.29, 1.82) is 0 Å². The van der Waals surface area contributed by atoms with E-state index < -0.39 is 10.0 Å². The maximum Gasteiger partial charge on any atom is 0.245 e. The average molecular weight is 367 g/mol. The van der Waals surface area contributed by atoms with Crippen LogP contribution in [0.15, 0.2) is 14.7 Å². The summed E-state index contributed by atoms with van der Waals surface area (Å²) >= 11 is 4.74. The van der Waals surface area contributed by atoms with Crippen LogP contribution in [0.5, 0.6) is 0 Å². The van der Waals surface area contributed by atoms with Crippen molar-refractivity contribution < 1.29 is 8.42 Å². The molecule has 0 radical (unpaired) electrons. The Morgan fingerprint density at radius 1 is 1.47 bits per heavy atom. The Bertz CT molecular complexity index is 556. The molecule has 1 aliphatic heterocycles. The summed E-state index contributed by atoms with van der Waals surface area (Å²) in [6.07, 6.45) is 0.923. The summed E-state index contributed by atoms with van der Waals surface area (Å²) in [7, 11) is -3.40. The lowest BCUT2D eigenvalue weighted by molar-refractivity contribution is 0.212. The normalized spacial score (nSPS) is 25.7. The van der Waals surface area contributed by atoms with Gasteiger partial charge in [-0.25, -0.2) is 8.42 Å². The number of sulfonamides is 1. The van der Waals surface area contributed by atoms with Crippen molar-refractivity contribution in [2.45, 2.75) is 31.7 Å². The van der Waals surface area contributed by atoms with E-state index in [0.29, 0.717) is 40.2 Å². The van der Waals surface area contributed by atoms with Crippen molar-refractivity contribution in [2.75, 3.05) is 13.1 Å². The molecule has 4 nitrogen and oxygen atoms in total. The van der Waals surface area contributed by atoms with Gasteiger partial charge in [-0.15, -0.1) is 11.3 Å². The van der Waals surface area contributed by atoms with Gasteiger partial charge in [0.15, 0.2) is 0 Å². The summed E-state index contributed by atoms with van der Waals surface area (Å²) in [6.45, 7) is 5.87. The van der Waals surface area contributed by atoms with Gasteiger partial charge in [0.05, 0.1) is 3.79 Å². The molecule has 0 saturated carbocycles. The minimum absolute atomic E-state index is 0.361. The van der Waals surface area contributed by atoms with Gasteiger partial charge in [0.2, 0.25) is 10.0 Å². The maximum absolute atomic E-state index is 12.7. The largest absolute Gasteiger partial charge is 0.326 e. The summed E-state index contributed by atoms with van der Waals surface area (Å²) in [5.74, 6) is 0.979. The third-order valence-corrected chi connectivity index (χ3v) is 7.96. The fraction of sp³-hybridized carbons (Fsp3) is 0.667. The second-order valence-electron chi connectivity index (χ2n) is 5.16. The van der Waals surface area contributed by atoms with Crippen LogP contribution in [-0.4, -0.2) is 25.8 Å². The number of hydrogen-bond donors (Lipinski definition) is 1. The van der Waals surface area contributed by atoms with Gasteiger partial charge in [0.1, 0.15) is 4.90 Å². The van der Waals surface area contributed by atoms with Crippen LogP contribution in [0.2, 0.25) is 0 Å².